The molecule has 0 heterocycles. The predicted molar refractivity (Wildman–Crippen MR) is 87.5 cm³/mol. The van der Waals surface area contributed by atoms with Crippen LogP contribution in [0.3, 0.4) is 0 Å². The summed E-state index contributed by atoms with van der Waals surface area (Å²) in [5, 5.41) is 10.4. The van der Waals surface area contributed by atoms with Gasteiger partial charge in [0.15, 0.2) is 0 Å². The van der Waals surface area contributed by atoms with Crippen molar-refractivity contribution in [3.8, 4) is 0 Å². The lowest BCUT2D eigenvalue weighted by atomic mass is 10.1. The molecule has 3 aromatic rings. The number of aryl methyl sites for hydroxylation is 1. The maximum Gasteiger partial charge on any atom is 0.335 e. The molecule has 3 rings (SSSR count). The fourth-order valence-electron chi connectivity index (χ4n) is 2.38. The monoisotopic (exact) mass is 326 g/mol. The highest BCUT2D eigenvalue weighted by molar-refractivity contribution is 7.91. The zero-order valence-corrected chi connectivity index (χ0v) is 13.2. The molecule has 23 heavy (non-hydrogen) atoms. The number of hydrogen-bond donors (Lipinski definition) is 1. The molecule has 0 atom stereocenters. The number of rotatable bonds is 3. The molecule has 0 aliphatic carbocycles. The van der Waals surface area contributed by atoms with Crippen molar-refractivity contribution in [3.63, 3.8) is 0 Å². The van der Waals surface area contributed by atoms with Gasteiger partial charge in [-0.1, -0.05) is 29.8 Å². The van der Waals surface area contributed by atoms with Crippen LogP contribution < -0.4 is 0 Å². The summed E-state index contributed by atoms with van der Waals surface area (Å²) in [5.74, 6) is -1.01. The largest absolute Gasteiger partial charge is 0.478 e. The molecular formula is C18H14O4S. The molecule has 0 saturated carbocycles. The molecule has 0 unspecified atom stereocenters. The van der Waals surface area contributed by atoms with Crippen LogP contribution in [0.4, 0.5) is 0 Å². The summed E-state index contributed by atoms with van der Waals surface area (Å²) in [7, 11) is -3.59. The van der Waals surface area contributed by atoms with E-state index in [1.54, 1.807) is 42.5 Å². The Morgan fingerprint density at radius 1 is 0.826 bits per heavy atom. The second-order valence-electron chi connectivity index (χ2n) is 5.35. The van der Waals surface area contributed by atoms with Crippen molar-refractivity contribution in [1.29, 1.82) is 0 Å². The van der Waals surface area contributed by atoms with Gasteiger partial charge in [-0.05, 0) is 54.1 Å². The highest BCUT2D eigenvalue weighted by atomic mass is 32.2. The molecule has 116 valence electrons. The summed E-state index contributed by atoms with van der Waals surface area (Å²) in [5.41, 5.74) is 1.16. The zero-order chi connectivity index (χ0) is 16.6. The van der Waals surface area contributed by atoms with Crippen LogP contribution in [0.25, 0.3) is 10.8 Å². The molecule has 3 aromatic carbocycles. The molecule has 0 amide bonds. The fourth-order valence-corrected chi connectivity index (χ4v) is 3.67. The first-order chi connectivity index (χ1) is 10.9. The van der Waals surface area contributed by atoms with Gasteiger partial charge >= 0.3 is 5.97 Å². The van der Waals surface area contributed by atoms with Gasteiger partial charge in [0, 0.05) is 0 Å². The lowest BCUT2D eigenvalue weighted by molar-refractivity contribution is 0.0697. The Morgan fingerprint density at radius 2 is 1.39 bits per heavy atom. The molecule has 4 nitrogen and oxygen atoms in total. The van der Waals surface area contributed by atoms with Crippen molar-refractivity contribution in [1.82, 2.24) is 0 Å². The highest BCUT2D eigenvalue weighted by Gasteiger charge is 2.18. The standard InChI is InChI=1S/C18H14O4S/c1-12-2-7-16(8-3-12)23(21,22)17-9-6-13-10-15(18(19)20)5-4-14(13)11-17/h2-11H,1H3,(H,19,20). The summed E-state index contributed by atoms with van der Waals surface area (Å²) in [6.07, 6.45) is 0. The average molecular weight is 326 g/mol. The van der Waals surface area contributed by atoms with Crippen molar-refractivity contribution in [2.45, 2.75) is 16.7 Å². The molecule has 0 spiro atoms. The molecule has 0 saturated heterocycles. The Hall–Kier alpha value is -2.66. The normalized spacial score (nSPS) is 11.5. The number of aromatic carboxylic acids is 1. The third-order valence-corrected chi connectivity index (χ3v) is 5.47. The number of hydrogen-bond acceptors (Lipinski definition) is 3. The van der Waals surface area contributed by atoms with Crippen LogP contribution in [0, 0.1) is 6.92 Å². The van der Waals surface area contributed by atoms with Crippen LogP contribution in [0.5, 0.6) is 0 Å². The van der Waals surface area contributed by atoms with E-state index in [4.69, 9.17) is 5.11 Å². The number of fused-ring (bicyclic) bond motifs is 1. The number of benzene rings is 3. The Bertz CT molecular complexity index is 1000. The Kier molecular flexibility index (Phi) is 3.66. The molecule has 0 fully saturated rings. The molecule has 0 aromatic heterocycles. The molecule has 1 N–H and O–H groups in total. The molecule has 0 bridgehead atoms. The Morgan fingerprint density at radius 3 is 2.04 bits per heavy atom. The van der Waals surface area contributed by atoms with Crippen LogP contribution in [-0.2, 0) is 9.84 Å². The van der Waals surface area contributed by atoms with E-state index in [2.05, 4.69) is 0 Å². The van der Waals surface area contributed by atoms with Gasteiger partial charge in [0.2, 0.25) is 9.84 Å². The first kappa shape index (κ1) is 15.2. The molecule has 5 heteroatoms. The number of carboxylic acids is 1. The van der Waals surface area contributed by atoms with Crippen LogP contribution in [-0.4, -0.2) is 19.5 Å². The van der Waals surface area contributed by atoms with Crippen molar-refractivity contribution < 1.29 is 18.3 Å². The van der Waals surface area contributed by atoms with E-state index >= 15 is 0 Å². The van der Waals surface area contributed by atoms with Crippen molar-refractivity contribution in [2.24, 2.45) is 0 Å². The first-order valence-corrected chi connectivity index (χ1v) is 8.45. The van der Waals surface area contributed by atoms with E-state index in [-0.39, 0.29) is 15.4 Å². The van der Waals surface area contributed by atoms with E-state index in [9.17, 15) is 13.2 Å². The molecular weight excluding hydrogens is 312 g/mol. The van der Waals surface area contributed by atoms with E-state index in [1.165, 1.54) is 18.2 Å². The summed E-state index contributed by atoms with van der Waals surface area (Å²) < 4.78 is 25.3. The van der Waals surface area contributed by atoms with Gasteiger partial charge < -0.3 is 5.11 Å². The number of sulfone groups is 1. The summed E-state index contributed by atoms with van der Waals surface area (Å²) >= 11 is 0. The SMILES string of the molecule is Cc1ccc(S(=O)(=O)c2ccc3cc(C(=O)O)ccc3c2)cc1. The highest BCUT2D eigenvalue weighted by Crippen LogP contribution is 2.25. The third kappa shape index (κ3) is 2.83. The van der Waals surface area contributed by atoms with E-state index in [1.807, 2.05) is 6.92 Å². The van der Waals surface area contributed by atoms with Crippen molar-refractivity contribution in [3.05, 3.63) is 71.8 Å². The molecule has 0 radical (unpaired) electrons. The fraction of sp³-hybridized carbons (Fsp3) is 0.0556. The second-order valence-corrected chi connectivity index (χ2v) is 7.30. The second kappa shape index (κ2) is 5.52. The average Bonchev–Trinajstić information content (AvgIpc) is 2.54. The molecule has 0 aliphatic rings. The predicted octanol–water partition coefficient (Wildman–Crippen LogP) is 3.68. The van der Waals surface area contributed by atoms with Gasteiger partial charge in [-0.2, -0.15) is 0 Å². The van der Waals surface area contributed by atoms with Gasteiger partial charge in [-0.3, -0.25) is 0 Å². The maximum absolute atomic E-state index is 12.7. The Labute approximate surface area is 133 Å². The minimum Gasteiger partial charge on any atom is -0.478 e. The van der Waals surface area contributed by atoms with Gasteiger partial charge in [0.1, 0.15) is 0 Å². The van der Waals surface area contributed by atoms with Crippen molar-refractivity contribution >= 4 is 26.6 Å². The summed E-state index contributed by atoms with van der Waals surface area (Å²) in [4.78, 5) is 11.4. The van der Waals surface area contributed by atoms with Crippen LogP contribution in [0.15, 0.2) is 70.5 Å². The van der Waals surface area contributed by atoms with Gasteiger partial charge in [0.05, 0.1) is 15.4 Å². The lowest BCUT2D eigenvalue weighted by Gasteiger charge is -2.07. The van der Waals surface area contributed by atoms with Crippen LogP contribution >= 0.6 is 0 Å². The quantitative estimate of drug-likeness (QED) is 0.797. The third-order valence-electron chi connectivity index (χ3n) is 3.70. The van der Waals surface area contributed by atoms with Gasteiger partial charge in [0.25, 0.3) is 0 Å². The van der Waals surface area contributed by atoms with Crippen molar-refractivity contribution in [2.75, 3.05) is 0 Å². The minimum atomic E-state index is -3.59. The number of carbonyl (C=O) groups is 1. The van der Waals surface area contributed by atoms with Gasteiger partial charge in [-0.15, -0.1) is 0 Å². The maximum atomic E-state index is 12.7. The topological polar surface area (TPSA) is 71.4 Å². The summed E-state index contributed by atoms with van der Waals surface area (Å²) in [6.45, 7) is 1.90. The number of carboxylic acid groups (broad SMARTS) is 1. The van der Waals surface area contributed by atoms with E-state index in [0.29, 0.717) is 10.8 Å². The van der Waals surface area contributed by atoms with E-state index in [0.717, 1.165) is 5.56 Å². The summed E-state index contributed by atoms with van der Waals surface area (Å²) in [6, 6.07) is 16.0. The van der Waals surface area contributed by atoms with E-state index < -0.39 is 15.8 Å². The lowest BCUT2D eigenvalue weighted by Crippen LogP contribution is -2.02. The molecule has 0 aliphatic heterocycles. The smallest absolute Gasteiger partial charge is 0.335 e. The first-order valence-electron chi connectivity index (χ1n) is 6.97. The zero-order valence-electron chi connectivity index (χ0n) is 12.4. The minimum absolute atomic E-state index is 0.173. The van der Waals surface area contributed by atoms with Gasteiger partial charge in [-0.25, -0.2) is 13.2 Å². The van der Waals surface area contributed by atoms with Crippen LogP contribution in [0.2, 0.25) is 0 Å². The van der Waals surface area contributed by atoms with Crippen LogP contribution in [0.1, 0.15) is 15.9 Å². The Balaban J connectivity index is 2.11.